The summed E-state index contributed by atoms with van der Waals surface area (Å²) in [6.45, 7) is 1.70. The minimum atomic E-state index is -1.44. The number of hydrogen-bond donors (Lipinski definition) is 2. The monoisotopic (exact) mass is 266 g/mol. The maximum Gasteiger partial charge on any atom is 0.488 e. The molecule has 1 unspecified atom stereocenters. The summed E-state index contributed by atoms with van der Waals surface area (Å²) in [7, 11) is -1.44. The van der Waals surface area contributed by atoms with Crippen molar-refractivity contribution in [2.24, 2.45) is 0 Å². The largest absolute Gasteiger partial charge is 0.491 e. The lowest BCUT2D eigenvalue weighted by atomic mass is 9.80. The first-order valence-electron chi connectivity index (χ1n) is 6.58. The van der Waals surface area contributed by atoms with E-state index < -0.39 is 7.12 Å². The number of benzene rings is 1. The number of hydrogen-bond acceptors (Lipinski definition) is 5. The lowest BCUT2D eigenvalue weighted by molar-refractivity contribution is -0.165. The van der Waals surface area contributed by atoms with E-state index in [1.165, 1.54) is 0 Å². The molecule has 0 amide bonds. The van der Waals surface area contributed by atoms with Crippen LogP contribution < -0.4 is 10.2 Å². The first-order chi connectivity index (χ1) is 9.25. The van der Waals surface area contributed by atoms with Crippen LogP contribution in [0.4, 0.5) is 0 Å². The third kappa shape index (κ3) is 4.83. The highest BCUT2D eigenvalue weighted by atomic mass is 16.7. The third-order valence-corrected chi connectivity index (χ3v) is 2.97. The van der Waals surface area contributed by atoms with Gasteiger partial charge in [0.1, 0.15) is 12.4 Å². The molecule has 0 radical (unpaired) electrons. The summed E-state index contributed by atoms with van der Waals surface area (Å²) in [6, 6.07) is 6.63. The molecule has 0 aliphatic carbocycles. The molecule has 1 aliphatic rings. The third-order valence-electron chi connectivity index (χ3n) is 2.97. The summed E-state index contributed by atoms with van der Waals surface area (Å²) in [5.41, 5.74) is 0.444. The van der Waals surface area contributed by atoms with Gasteiger partial charge in [-0.2, -0.15) is 0 Å². The van der Waals surface area contributed by atoms with Gasteiger partial charge in [-0.15, -0.1) is 0 Å². The van der Waals surface area contributed by atoms with E-state index in [9.17, 15) is 0 Å². The zero-order valence-corrected chi connectivity index (χ0v) is 10.8. The fourth-order valence-corrected chi connectivity index (χ4v) is 1.92. The SMILES string of the molecule is OB(O)c1ccc(OCCOC2CCCCO2)cc1. The Balaban J connectivity index is 1.64. The van der Waals surface area contributed by atoms with Crippen molar-refractivity contribution >= 4 is 12.6 Å². The van der Waals surface area contributed by atoms with Crippen LogP contribution in [-0.4, -0.2) is 43.3 Å². The second-order valence-electron chi connectivity index (χ2n) is 4.46. The van der Waals surface area contributed by atoms with Crippen molar-refractivity contribution in [1.29, 1.82) is 0 Å². The van der Waals surface area contributed by atoms with Crippen LogP contribution in [0.25, 0.3) is 0 Å². The van der Waals surface area contributed by atoms with E-state index in [0.717, 1.165) is 25.9 Å². The molecule has 2 N–H and O–H groups in total. The van der Waals surface area contributed by atoms with E-state index in [2.05, 4.69) is 0 Å². The first-order valence-corrected chi connectivity index (χ1v) is 6.58. The van der Waals surface area contributed by atoms with Crippen molar-refractivity contribution < 1.29 is 24.3 Å². The van der Waals surface area contributed by atoms with Gasteiger partial charge < -0.3 is 24.3 Å². The van der Waals surface area contributed by atoms with Gasteiger partial charge in [0.25, 0.3) is 0 Å². The average molecular weight is 266 g/mol. The second kappa shape index (κ2) is 7.50. The lowest BCUT2D eigenvalue weighted by Crippen LogP contribution is -2.29. The zero-order valence-electron chi connectivity index (χ0n) is 10.8. The van der Waals surface area contributed by atoms with E-state index in [0.29, 0.717) is 24.4 Å². The van der Waals surface area contributed by atoms with Crippen LogP contribution in [-0.2, 0) is 9.47 Å². The Bertz CT molecular complexity index is 362. The van der Waals surface area contributed by atoms with Gasteiger partial charge in [-0.1, -0.05) is 12.1 Å². The van der Waals surface area contributed by atoms with Crippen molar-refractivity contribution in [1.82, 2.24) is 0 Å². The van der Waals surface area contributed by atoms with Crippen molar-refractivity contribution in [3.8, 4) is 5.75 Å². The van der Waals surface area contributed by atoms with Crippen LogP contribution in [0, 0.1) is 0 Å². The maximum absolute atomic E-state index is 8.95. The second-order valence-corrected chi connectivity index (χ2v) is 4.46. The van der Waals surface area contributed by atoms with Gasteiger partial charge in [0.05, 0.1) is 6.61 Å². The molecular formula is C13H19BO5. The molecule has 104 valence electrons. The topological polar surface area (TPSA) is 68.2 Å². The van der Waals surface area contributed by atoms with Crippen molar-refractivity contribution in [2.45, 2.75) is 25.6 Å². The van der Waals surface area contributed by atoms with Gasteiger partial charge in [-0.3, -0.25) is 0 Å². The number of rotatable bonds is 6. The molecule has 1 fully saturated rings. The van der Waals surface area contributed by atoms with Crippen LogP contribution in [0.2, 0.25) is 0 Å². The van der Waals surface area contributed by atoms with Gasteiger partial charge in [0.15, 0.2) is 6.29 Å². The summed E-state index contributed by atoms with van der Waals surface area (Å²) in [5, 5.41) is 17.9. The first kappa shape index (κ1) is 14.3. The highest BCUT2D eigenvalue weighted by molar-refractivity contribution is 6.58. The molecule has 5 nitrogen and oxygen atoms in total. The van der Waals surface area contributed by atoms with Crippen LogP contribution >= 0.6 is 0 Å². The standard InChI is InChI=1S/C13H19BO5/c15-14(16)11-4-6-12(7-5-11)17-9-10-19-13-3-1-2-8-18-13/h4-7,13,15-16H,1-3,8-10H2. The van der Waals surface area contributed by atoms with E-state index in [1.807, 2.05) is 0 Å². The molecular weight excluding hydrogens is 247 g/mol. The van der Waals surface area contributed by atoms with Crippen LogP contribution in [0.15, 0.2) is 24.3 Å². The zero-order chi connectivity index (χ0) is 13.5. The molecule has 1 aliphatic heterocycles. The van der Waals surface area contributed by atoms with Crippen LogP contribution in [0.5, 0.6) is 5.75 Å². The Morgan fingerprint density at radius 1 is 1.16 bits per heavy atom. The average Bonchev–Trinajstić information content (AvgIpc) is 2.45. The van der Waals surface area contributed by atoms with E-state index in [-0.39, 0.29) is 6.29 Å². The highest BCUT2D eigenvalue weighted by Gasteiger charge is 2.13. The summed E-state index contributed by atoms with van der Waals surface area (Å²) in [5.74, 6) is 0.678. The van der Waals surface area contributed by atoms with Gasteiger partial charge in [-0.05, 0) is 36.9 Å². The van der Waals surface area contributed by atoms with Gasteiger partial charge >= 0.3 is 7.12 Å². The molecule has 0 bridgehead atoms. The fourth-order valence-electron chi connectivity index (χ4n) is 1.92. The Morgan fingerprint density at radius 3 is 2.58 bits per heavy atom. The van der Waals surface area contributed by atoms with Crippen molar-refractivity contribution in [2.75, 3.05) is 19.8 Å². The predicted molar refractivity (Wildman–Crippen MR) is 71.3 cm³/mol. The molecule has 2 rings (SSSR count). The molecule has 1 heterocycles. The Morgan fingerprint density at radius 2 is 1.95 bits per heavy atom. The lowest BCUT2D eigenvalue weighted by Gasteiger charge is -2.22. The van der Waals surface area contributed by atoms with Crippen LogP contribution in [0.1, 0.15) is 19.3 Å². The molecule has 0 saturated carbocycles. The molecule has 1 atom stereocenters. The molecule has 19 heavy (non-hydrogen) atoms. The molecule has 1 aromatic carbocycles. The van der Waals surface area contributed by atoms with E-state index in [4.69, 9.17) is 24.3 Å². The normalized spacial score (nSPS) is 19.2. The summed E-state index contributed by atoms with van der Waals surface area (Å²) >= 11 is 0. The fraction of sp³-hybridized carbons (Fsp3) is 0.538. The minimum Gasteiger partial charge on any atom is -0.491 e. The smallest absolute Gasteiger partial charge is 0.488 e. The Labute approximate surface area is 113 Å². The maximum atomic E-state index is 8.95. The highest BCUT2D eigenvalue weighted by Crippen LogP contribution is 2.13. The summed E-state index contributed by atoms with van der Waals surface area (Å²) in [4.78, 5) is 0. The molecule has 6 heteroatoms. The summed E-state index contributed by atoms with van der Waals surface area (Å²) in [6.07, 6.45) is 3.11. The van der Waals surface area contributed by atoms with Gasteiger partial charge in [0, 0.05) is 6.61 Å². The van der Waals surface area contributed by atoms with Crippen LogP contribution in [0.3, 0.4) is 0 Å². The molecule has 0 spiro atoms. The van der Waals surface area contributed by atoms with Crippen molar-refractivity contribution in [3.63, 3.8) is 0 Å². The quantitative estimate of drug-likeness (QED) is 0.572. The minimum absolute atomic E-state index is 0.0933. The van der Waals surface area contributed by atoms with Gasteiger partial charge in [-0.25, -0.2) is 0 Å². The Hall–Kier alpha value is -1.08. The number of ether oxygens (including phenoxy) is 3. The van der Waals surface area contributed by atoms with E-state index >= 15 is 0 Å². The van der Waals surface area contributed by atoms with Gasteiger partial charge in [0.2, 0.25) is 0 Å². The van der Waals surface area contributed by atoms with Crippen molar-refractivity contribution in [3.05, 3.63) is 24.3 Å². The summed E-state index contributed by atoms with van der Waals surface area (Å²) < 4.78 is 16.5. The molecule has 1 saturated heterocycles. The molecule has 0 aromatic heterocycles. The van der Waals surface area contributed by atoms with E-state index in [1.54, 1.807) is 24.3 Å². The predicted octanol–water partition coefficient (Wildman–Crippen LogP) is 0.288. The Kier molecular flexibility index (Phi) is 5.66. The molecule has 1 aromatic rings.